The van der Waals surface area contributed by atoms with E-state index in [0.717, 1.165) is 16.7 Å². The van der Waals surface area contributed by atoms with Gasteiger partial charge in [0.2, 0.25) is 5.79 Å². The largest absolute Gasteiger partial charge is 0.361 e. The molecule has 116 valence electrons. The Kier molecular flexibility index (Phi) is 3.81. The van der Waals surface area contributed by atoms with Gasteiger partial charge in [0.15, 0.2) is 0 Å². The lowest BCUT2D eigenvalue weighted by Gasteiger charge is -2.46. The summed E-state index contributed by atoms with van der Waals surface area (Å²) < 4.78 is 5.82. The molecular formula is C19H23NO2. The zero-order valence-electron chi connectivity index (χ0n) is 13.3. The number of benzene rings is 2. The van der Waals surface area contributed by atoms with E-state index in [2.05, 4.69) is 31.3 Å². The first-order valence-corrected chi connectivity index (χ1v) is 7.71. The lowest BCUT2D eigenvalue weighted by Crippen LogP contribution is -2.63. The van der Waals surface area contributed by atoms with Gasteiger partial charge in [0, 0.05) is 11.1 Å². The Bertz CT molecular complexity index is 636. The number of nitrogens with one attached hydrogen (secondary N) is 1. The number of hydrogen-bond acceptors (Lipinski definition) is 3. The van der Waals surface area contributed by atoms with E-state index >= 15 is 0 Å². The third kappa shape index (κ3) is 2.80. The summed E-state index contributed by atoms with van der Waals surface area (Å²) in [6.45, 7) is 6.56. The van der Waals surface area contributed by atoms with Crippen LogP contribution in [0.5, 0.6) is 0 Å². The lowest BCUT2D eigenvalue weighted by atomic mass is 9.91. The summed E-state index contributed by atoms with van der Waals surface area (Å²) >= 11 is 0. The summed E-state index contributed by atoms with van der Waals surface area (Å²) in [4.78, 5) is 0. The molecule has 2 aromatic carbocycles. The fourth-order valence-electron chi connectivity index (χ4n) is 3.01. The van der Waals surface area contributed by atoms with Gasteiger partial charge in [-0.05, 0) is 31.9 Å². The summed E-state index contributed by atoms with van der Waals surface area (Å²) in [6.07, 6.45) is 0. The smallest absolute Gasteiger partial charge is 0.208 e. The van der Waals surface area contributed by atoms with E-state index in [0.29, 0.717) is 6.61 Å². The zero-order valence-corrected chi connectivity index (χ0v) is 13.3. The van der Waals surface area contributed by atoms with Crippen molar-refractivity contribution >= 4 is 0 Å². The van der Waals surface area contributed by atoms with Gasteiger partial charge in [-0.2, -0.15) is 0 Å². The van der Waals surface area contributed by atoms with Gasteiger partial charge in [0.1, 0.15) is 0 Å². The van der Waals surface area contributed by atoms with Gasteiger partial charge >= 0.3 is 0 Å². The number of ether oxygens (including phenoxy) is 1. The topological polar surface area (TPSA) is 41.5 Å². The predicted molar refractivity (Wildman–Crippen MR) is 88.4 cm³/mol. The van der Waals surface area contributed by atoms with Crippen LogP contribution >= 0.6 is 0 Å². The maximum absolute atomic E-state index is 10.9. The Morgan fingerprint density at radius 2 is 1.59 bits per heavy atom. The second kappa shape index (κ2) is 5.51. The van der Waals surface area contributed by atoms with Crippen molar-refractivity contribution in [3.8, 4) is 11.1 Å². The van der Waals surface area contributed by atoms with Crippen molar-refractivity contribution in [3.05, 3.63) is 60.2 Å². The molecule has 0 saturated carbocycles. The first-order chi connectivity index (χ1) is 10.4. The molecule has 2 aromatic rings. The van der Waals surface area contributed by atoms with E-state index in [1.807, 2.05) is 49.4 Å². The van der Waals surface area contributed by atoms with Crippen molar-refractivity contribution in [1.29, 1.82) is 0 Å². The van der Waals surface area contributed by atoms with Crippen LogP contribution in [0.2, 0.25) is 0 Å². The van der Waals surface area contributed by atoms with Gasteiger partial charge < -0.3 is 15.2 Å². The van der Waals surface area contributed by atoms with Crippen molar-refractivity contribution in [2.45, 2.75) is 38.1 Å². The summed E-state index contributed by atoms with van der Waals surface area (Å²) in [5.74, 6) is -1.29. The predicted octanol–water partition coefficient (Wildman–Crippen LogP) is 3.29. The summed E-state index contributed by atoms with van der Waals surface area (Å²) in [5, 5.41) is 14.3. The van der Waals surface area contributed by atoms with E-state index in [9.17, 15) is 5.11 Å². The first kappa shape index (κ1) is 15.2. The Morgan fingerprint density at radius 3 is 2.18 bits per heavy atom. The van der Waals surface area contributed by atoms with Crippen LogP contribution in [0.4, 0.5) is 0 Å². The molecule has 2 N–H and O–H groups in total. The normalized spacial score (nSPS) is 27.5. The van der Waals surface area contributed by atoms with Crippen LogP contribution in [0.25, 0.3) is 11.1 Å². The van der Waals surface area contributed by atoms with E-state index < -0.39 is 5.79 Å². The highest BCUT2D eigenvalue weighted by Gasteiger charge is 2.44. The molecule has 0 spiro atoms. The highest BCUT2D eigenvalue weighted by Crippen LogP contribution is 2.33. The Balaban J connectivity index is 1.87. The molecule has 0 aromatic heterocycles. The zero-order chi connectivity index (χ0) is 15.8. The van der Waals surface area contributed by atoms with E-state index in [1.54, 1.807) is 0 Å². The minimum atomic E-state index is -1.29. The summed E-state index contributed by atoms with van der Waals surface area (Å²) in [5.41, 5.74) is 2.95. The maximum atomic E-state index is 10.9. The minimum Gasteiger partial charge on any atom is -0.361 e. The van der Waals surface area contributed by atoms with Crippen molar-refractivity contribution in [2.75, 3.05) is 6.61 Å². The van der Waals surface area contributed by atoms with Crippen LogP contribution in [-0.2, 0) is 10.5 Å². The molecular weight excluding hydrogens is 274 g/mol. The van der Waals surface area contributed by atoms with Crippen LogP contribution in [-0.4, -0.2) is 23.3 Å². The molecule has 1 heterocycles. The standard InChI is InChI=1S/C19H23NO2/c1-14-19(21,22-13-18(2,3)20-14)17-11-9-16(10-12-17)15-7-5-4-6-8-15/h4-12,14,20-21H,13H2,1-3H3/t14-,19+/m0/s1. The van der Waals surface area contributed by atoms with Crippen LogP contribution < -0.4 is 5.32 Å². The van der Waals surface area contributed by atoms with Crippen LogP contribution in [0.1, 0.15) is 26.3 Å². The van der Waals surface area contributed by atoms with Crippen molar-refractivity contribution < 1.29 is 9.84 Å². The molecule has 22 heavy (non-hydrogen) atoms. The molecule has 0 radical (unpaired) electrons. The number of morpholine rings is 1. The average molecular weight is 297 g/mol. The molecule has 0 aliphatic carbocycles. The molecule has 3 heteroatoms. The van der Waals surface area contributed by atoms with E-state index in [4.69, 9.17) is 4.74 Å². The quantitative estimate of drug-likeness (QED) is 0.894. The Labute approximate surface area is 131 Å². The fraction of sp³-hybridized carbons (Fsp3) is 0.368. The molecule has 0 amide bonds. The van der Waals surface area contributed by atoms with Gasteiger partial charge in [0.05, 0.1) is 12.6 Å². The van der Waals surface area contributed by atoms with Gasteiger partial charge in [-0.25, -0.2) is 0 Å². The minimum absolute atomic E-state index is 0.129. The molecule has 0 unspecified atom stereocenters. The third-order valence-electron chi connectivity index (χ3n) is 4.25. The molecule has 1 aliphatic heterocycles. The van der Waals surface area contributed by atoms with Gasteiger partial charge in [-0.1, -0.05) is 54.6 Å². The fourth-order valence-corrected chi connectivity index (χ4v) is 3.01. The van der Waals surface area contributed by atoms with Crippen LogP contribution in [0.15, 0.2) is 54.6 Å². The maximum Gasteiger partial charge on any atom is 0.208 e. The summed E-state index contributed by atoms with van der Waals surface area (Å²) in [7, 11) is 0. The van der Waals surface area contributed by atoms with Crippen molar-refractivity contribution in [2.24, 2.45) is 0 Å². The Morgan fingerprint density at radius 1 is 1.00 bits per heavy atom. The molecule has 1 aliphatic rings. The first-order valence-electron chi connectivity index (χ1n) is 7.71. The lowest BCUT2D eigenvalue weighted by molar-refractivity contribution is -0.263. The van der Waals surface area contributed by atoms with Gasteiger partial charge in [-0.15, -0.1) is 0 Å². The molecule has 1 fully saturated rings. The molecule has 0 bridgehead atoms. The number of rotatable bonds is 2. The highest BCUT2D eigenvalue weighted by molar-refractivity contribution is 5.63. The monoisotopic (exact) mass is 297 g/mol. The van der Waals surface area contributed by atoms with E-state index in [-0.39, 0.29) is 11.6 Å². The third-order valence-corrected chi connectivity index (χ3v) is 4.25. The number of aliphatic hydroxyl groups is 1. The molecule has 3 nitrogen and oxygen atoms in total. The molecule has 2 atom stereocenters. The highest BCUT2D eigenvalue weighted by atomic mass is 16.6. The summed E-state index contributed by atoms with van der Waals surface area (Å²) in [6, 6.07) is 18.0. The van der Waals surface area contributed by atoms with Crippen molar-refractivity contribution in [1.82, 2.24) is 5.32 Å². The van der Waals surface area contributed by atoms with Gasteiger partial charge in [0.25, 0.3) is 0 Å². The second-order valence-corrected chi connectivity index (χ2v) is 6.68. The molecule has 3 rings (SSSR count). The average Bonchev–Trinajstić information content (AvgIpc) is 2.52. The Hall–Kier alpha value is -1.68. The molecule has 1 saturated heterocycles. The van der Waals surface area contributed by atoms with E-state index in [1.165, 1.54) is 0 Å². The van der Waals surface area contributed by atoms with Crippen molar-refractivity contribution in [3.63, 3.8) is 0 Å². The SMILES string of the molecule is C[C@@H]1NC(C)(C)CO[C@@]1(O)c1ccc(-c2ccccc2)cc1. The number of hydrogen-bond donors (Lipinski definition) is 2. The van der Waals surface area contributed by atoms with Crippen LogP contribution in [0.3, 0.4) is 0 Å². The van der Waals surface area contributed by atoms with Crippen LogP contribution in [0, 0.1) is 0 Å². The van der Waals surface area contributed by atoms with Gasteiger partial charge in [-0.3, -0.25) is 0 Å². The second-order valence-electron chi connectivity index (χ2n) is 6.68.